The Labute approximate surface area is 151 Å². The number of hydrogen-bond donors (Lipinski definition) is 2. The summed E-state index contributed by atoms with van der Waals surface area (Å²) < 4.78 is 5.21. The summed E-state index contributed by atoms with van der Waals surface area (Å²) >= 11 is 5.86. The number of halogens is 1. The molecule has 25 heavy (non-hydrogen) atoms. The molecule has 1 fully saturated rings. The minimum absolute atomic E-state index is 0.0385. The Morgan fingerprint density at radius 2 is 2.04 bits per heavy atom. The van der Waals surface area contributed by atoms with Gasteiger partial charge in [0.15, 0.2) is 0 Å². The van der Waals surface area contributed by atoms with Crippen LogP contribution in [0.2, 0.25) is 5.02 Å². The van der Waals surface area contributed by atoms with Gasteiger partial charge in [0.2, 0.25) is 17.6 Å². The SMILES string of the molecule is O=C(C[C@H]1CCCC[C@@H]1O)NCCc1nc(-c2ccc(Cl)cc2)no1. The fourth-order valence-corrected chi connectivity index (χ4v) is 3.24. The largest absolute Gasteiger partial charge is 0.393 e. The Bertz CT molecular complexity index is 702. The van der Waals surface area contributed by atoms with Crippen LogP contribution >= 0.6 is 11.6 Å². The molecule has 7 heteroatoms. The van der Waals surface area contributed by atoms with Crippen LogP contribution in [-0.4, -0.2) is 33.8 Å². The maximum atomic E-state index is 12.0. The Balaban J connectivity index is 1.44. The van der Waals surface area contributed by atoms with Gasteiger partial charge < -0.3 is 14.9 Å². The van der Waals surface area contributed by atoms with Crippen molar-refractivity contribution in [2.75, 3.05) is 6.54 Å². The molecule has 1 aromatic heterocycles. The van der Waals surface area contributed by atoms with E-state index in [1.807, 2.05) is 12.1 Å². The number of aliphatic hydroxyl groups excluding tert-OH is 1. The van der Waals surface area contributed by atoms with Gasteiger partial charge in [-0.05, 0) is 43.0 Å². The van der Waals surface area contributed by atoms with E-state index in [0.29, 0.717) is 36.1 Å². The van der Waals surface area contributed by atoms with Crippen molar-refractivity contribution in [3.05, 3.63) is 35.2 Å². The minimum atomic E-state index is -0.350. The molecule has 0 bridgehead atoms. The number of benzene rings is 1. The van der Waals surface area contributed by atoms with Crippen molar-refractivity contribution in [3.8, 4) is 11.4 Å². The third kappa shape index (κ3) is 5.03. The average molecular weight is 364 g/mol. The van der Waals surface area contributed by atoms with E-state index in [1.54, 1.807) is 12.1 Å². The van der Waals surface area contributed by atoms with Gasteiger partial charge in [-0.3, -0.25) is 4.79 Å². The predicted octanol–water partition coefficient (Wildman–Crippen LogP) is 2.99. The molecular formula is C18H22ClN3O3. The first-order valence-corrected chi connectivity index (χ1v) is 9.03. The van der Waals surface area contributed by atoms with Gasteiger partial charge in [0.25, 0.3) is 0 Å². The summed E-state index contributed by atoms with van der Waals surface area (Å²) in [5, 5.41) is 17.4. The molecule has 2 aromatic rings. The number of aliphatic hydroxyl groups is 1. The maximum Gasteiger partial charge on any atom is 0.228 e. The zero-order valence-corrected chi connectivity index (χ0v) is 14.7. The highest BCUT2D eigenvalue weighted by molar-refractivity contribution is 6.30. The van der Waals surface area contributed by atoms with Crippen molar-refractivity contribution >= 4 is 17.5 Å². The van der Waals surface area contributed by atoms with Crippen LogP contribution < -0.4 is 5.32 Å². The molecule has 2 N–H and O–H groups in total. The molecule has 2 atom stereocenters. The van der Waals surface area contributed by atoms with Crippen LogP contribution in [0.25, 0.3) is 11.4 Å². The Kier molecular flexibility index (Phi) is 6.04. The van der Waals surface area contributed by atoms with Crippen molar-refractivity contribution < 1.29 is 14.4 Å². The van der Waals surface area contributed by atoms with Gasteiger partial charge in [0, 0.05) is 30.0 Å². The zero-order valence-electron chi connectivity index (χ0n) is 13.9. The van der Waals surface area contributed by atoms with Gasteiger partial charge in [-0.15, -0.1) is 0 Å². The van der Waals surface area contributed by atoms with Gasteiger partial charge in [-0.2, -0.15) is 4.98 Å². The highest BCUT2D eigenvalue weighted by Gasteiger charge is 2.25. The van der Waals surface area contributed by atoms with Gasteiger partial charge in [0.1, 0.15) is 0 Å². The number of nitrogens with zero attached hydrogens (tertiary/aromatic N) is 2. The maximum absolute atomic E-state index is 12.0. The molecule has 3 rings (SSSR count). The van der Waals surface area contributed by atoms with Crippen LogP contribution in [0, 0.1) is 5.92 Å². The predicted molar refractivity (Wildman–Crippen MR) is 94.0 cm³/mol. The smallest absolute Gasteiger partial charge is 0.228 e. The number of carbonyl (C=O) groups excluding carboxylic acids is 1. The van der Waals surface area contributed by atoms with Crippen molar-refractivity contribution in [2.45, 2.75) is 44.6 Å². The first kappa shape index (κ1) is 17.9. The molecule has 1 saturated carbocycles. The molecule has 1 heterocycles. The van der Waals surface area contributed by atoms with Gasteiger partial charge in [-0.1, -0.05) is 29.6 Å². The standard InChI is InChI=1S/C18H22ClN3O3/c19-14-7-5-12(6-8-14)18-21-17(25-22-18)9-10-20-16(24)11-13-3-1-2-4-15(13)23/h5-8,13,15,23H,1-4,9-11H2,(H,20,24)/t13-,15+/m1/s1. The number of hydrogen-bond acceptors (Lipinski definition) is 5. The van der Waals surface area contributed by atoms with Crippen molar-refractivity contribution in [1.82, 2.24) is 15.5 Å². The summed E-state index contributed by atoms with van der Waals surface area (Å²) in [6.07, 6.45) is 4.35. The van der Waals surface area contributed by atoms with E-state index < -0.39 is 0 Å². The van der Waals surface area contributed by atoms with E-state index in [1.165, 1.54) is 0 Å². The third-order valence-electron chi connectivity index (χ3n) is 4.55. The van der Waals surface area contributed by atoms with E-state index in [4.69, 9.17) is 16.1 Å². The Hall–Kier alpha value is -1.92. The summed E-state index contributed by atoms with van der Waals surface area (Å²) in [6, 6.07) is 7.20. The van der Waals surface area contributed by atoms with Crippen LogP contribution in [0.5, 0.6) is 0 Å². The molecule has 0 unspecified atom stereocenters. The lowest BCUT2D eigenvalue weighted by Crippen LogP contribution is -2.33. The summed E-state index contributed by atoms with van der Waals surface area (Å²) in [5.41, 5.74) is 0.828. The van der Waals surface area contributed by atoms with Crippen LogP contribution in [0.4, 0.5) is 0 Å². The summed E-state index contributed by atoms with van der Waals surface area (Å²) in [4.78, 5) is 16.3. The molecule has 6 nitrogen and oxygen atoms in total. The van der Waals surface area contributed by atoms with E-state index in [2.05, 4.69) is 15.5 Å². The second-order valence-electron chi connectivity index (χ2n) is 6.43. The normalized spacial score (nSPS) is 20.4. The number of nitrogens with one attached hydrogen (secondary N) is 1. The second kappa shape index (κ2) is 8.45. The van der Waals surface area contributed by atoms with Gasteiger partial charge in [-0.25, -0.2) is 0 Å². The molecule has 1 aliphatic rings. The van der Waals surface area contributed by atoms with Gasteiger partial charge in [0.05, 0.1) is 6.10 Å². The van der Waals surface area contributed by atoms with E-state index in [9.17, 15) is 9.90 Å². The van der Waals surface area contributed by atoms with Crippen LogP contribution in [-0.2, 0) is 11.2 Å². The lowest BCUT2D eigenvalue weighted by Gasteiger charge is -2.26. The summed E-state index contributed by atoms with van der Waals surface area (Å²) in [7, 11) is 0. The number of rotatable bonds is 6. The minimum Gasteiger partial charge on any atom is -0.393 e. The molecule has 0 aliphatic heterocycles. The average Bonchev–Trinajstić information content (AvgIpc) is 3.06. The first-order chi connectivity index (χ1) is 12.1. The molecule has 0 spiro atoms. The molecular weight excluding hydrogens is 342 g/mol. The lowest BCUT2D eigenvalue weighted by molar-refractivity contribution is -0.123. The monoisotopic (exact) mass is 363 g/mol. The second-order valence-corrected chi connectivity index (χ2v) is 6.87. The lowest BCUT2D eigenvalue weighted by atomic mass is 9.84. The zero-order chi connectivity index (χ0) is 17.6. The quantitative estimate of drug-likeness (QED) is 0.823. The fourth-order valence-electron chi connectivity index (χ4n) is 3.12. The molecule has 0 radical (unpaired) electrons. The van der Waals surface area contributed by atoms with Crippen LogP contribution in [0.3, 0.4) is 0 Å². The third-order valence-corrected chi connectivity index (χ3v) is 4.80. The summed E-state index contributed by atoms with van der Waals surface area (Å²) in [5.74, 6) is 1.02. The topological polar surface area (TPSA) is 88.2 Å². The molecule has 1 aromatic carbocycles. The highest BCUT2D eigenvalue weighted by atomic mass is 35.5. The first-order valence-electron chi connectivity index (χ1n) is 8.65. The molecule has 1 amide bonds. The van der Waals surface area contributed by atoms with Crippen molar-refractivity contribution in [1.29, 1.82) is 0 Å². The summed E-state index contributed by atoms with van der Waals surface area (Å²) in [6.45, 7) is 0.434. The molecule has 134 valence electrons. The Morgan fingerprint density at radius 3 is 2.80 bits per heavy atom. The highest BCUT2D eigenvalue weighted by Crippen LogP contribution is 2.26. The van der Waals surface area contributed by atoms with Crippen LogP contribution in [0.15, 0.2) is 28.8 Å². The number of amides is 1. The van der Waals surface area contributed by atoms with E-state index in [-0.39, 0.29) is 17.9 Å². The van der Waals surface area contributed by atoms with Crippen molar-refractivity contribution in [3.63, 3.8) is 0 Å². The van der Waals surface area contributed by atoms with E-state index >= 15 is 0 Å². The Morgan fingerprint density at radius 1 is 1.28 bits per heavy atom. The molecule has 0 saturated heterocycles. The van der Waals surface area contributed by atoms with Crippen LogP contribution in [0.1, 0.15) is 38.0 Å². The van der Waals surface area contributed by atoms with Crippen molar-refractivity contribution in [2.24, 2.45) is 5.92 Å². The molecule has 1 aliphatic carbocycles. The number of aromatic nitrogens is 2. The van der Waals surface area contributed by atoms with Gasteiger partial charge >= 0.3 is 0 Å². The fraction of sp³-hybridized carbons (Fsp3) is 0.500. The number of carbonyl (C=O) groups is 1. The van der Waals surface area contributed by atoms with E-state index in [0.717, 1.165) is 31.2 Å².